The number of hydrogen-bond donors (Lipinski definition) is 0. The second-order valence-corrected chi connectivity index (χ2v) is 18.6. The van der Waals surface area contributed by atoms with E-state index in [0.29, 0.717) is 15.6 Å². The predicted octanol–water partition coefficient (Wildman–Crippen LogP) is 12.8. The Balaban J connectivity index is 1.25. The summed E-state index contributed by atoms with van der Waals surface area (Å²) in [5, 5.41) is -1.54. The lowest BCUT2D eigenvalue weighted by atomic mass is 10.1. The van der Waals surface area contributed by atoms with Crippen molar-refractivity contribution in [2.75, 3.05) is 0 Å². The van der Waals surface area contributed by atoms with Crippen LogP contribution in [0.4, 0.5) is 0 Å². The van der Waals surface area contributed by atoms with Gasteiger partial charge in [-0.25, -0.2) is 0 Å². The first-order valence-electron chi connectivity index (χ1n) is 32.9. The number of hydrogen-bond acceptors (Lipinski definition) is 1. The zero-order valence-corrected chi connectivity index (χ0v) is 33.9. The standard InChI is InChI=1S/C60H40N2OSi/c1-4-18-41(19-5-1)42-32-36-46(37-33-42)64(44-20-6-2-7-21-44,45-22-8-3-9-23-45)47-38-34-43(35-39-47)61-53-28-14-12-26-50(53)52-40-56(60-58(59(52)61)51-27-13-17-31-57(51)63-60)62-54-29-15-10-24-48(54)49-25-11-16-30-55(49)62/h1-40H/i1D,4D,5D,10D,11D,12D,13D,14D,15D,16D,17D,18D,19D,24D,25D,26D,27D,28D,29D,30D,31D,34D,35D,38D,39D,40D. The first kappa shape index (κ1) is 19.1. The number of aromatic nitrogens is 2. The van der Waals surface area contributed by atoms with Gasteiger partial charge in [0, 0.05) is 32.6 Å². The van der Waals surface area contributed by atoms with Gasteiger partial charge in [0.15, 0.2) is 13.7 Å². The van der Waals surface area contributed by atoms with Gasteiger partial charge in [0.05, 0.1) is 68.8 Å². The Morgan fingerprint density at radius 2 is 0.891 bits per heavy atom. The lowest BCUT2D eigenvalue weighted by molar-refractivity contribution is 0.666. The van der Waals surface area contributed by atoms with Gasteiger partial charge in [-0.05, 0) is 74.2 Å². The van der Waals surface area contributed by atoms with Gasteiger partial charge in [0.25, 0.3) is 0 Å². The fourth-order valence-corrected chi connectivity index (χ4v) is 13.4. The number of fused-ring (bicyclic) bond motifs is 10. The number of benzene rings is 10. The molecule has 300 valence electrons. The highest BCUT2D eigenvalue weighted by molar-refractivity contribution is 7.19. The van der Waals surface area contributed by atoms with Crippen LogP contribution in [0.3, 0.4) is 0 Å². The van der Waals surface area contributed by atoms with Crippen molar-refractivity contribution in [1.82, 2.24) is 9.13 Å². The molecule has 0 saturated heterocycles. The molecule has 0 amide bonds. The molecule has 3 heterocycles. The minimum absolute atomic E-state index is 0.106. The molecule has 0 aliphatic rings. The Labute approximate surface area is 407 Å². The topological polar surface area (TPSA) is 23.0 Å². The summed E-state index contributed by atoms with van der Waals surface area (Å²) in [5.74, 6) is 0. The summed E-state index contributed by atoms with van der Waals surface area (Å²) in [7, 11) is -4.29. The van der Waals surface area contributed by atoms with E-state index in [-0.39, 0.29) is 16.3 Å². The van der Waals surface area contributed by atoms with Gasteiger partial charge in [0.1, 0.15) is 5.58 Å². The van der Waals surface area contributed by atoms with Crippen molar-refractivity contribution < 1.29 is 40.1 Å². The average Bonchev–Trinajstić information content (AvgIpc) is 1.42. The van der Waals surface area contributed by atoms with Gasteiger partial charge in [-0.15, -0.1) is 0 Å². The summed E-state index contributed by atoms with van der Waals surface area (Å²) in [4.78, 5) is 0. The van der Waals surface area contributed by atoms with Crippen LogP contribution in [0.2, 0.25) is 0 Å². The molecule has 0 aliphatic carbocycles. The van der Waals surface area contributed by atoms with Crippen molar-refractivity contribution in [3.8, 4) is 22.5 Å². The Morgan fingerprint density at radius 3 is 1.50 bits per heavy atom. The molecule has 0 bridgehead atoms. The molecule has 64 heavy (non-hydrogen) atoms. The summed E-state index contributed by atoms with van der Waals surface area (Å²) in [5.41, 5.74) is -4.59. The summed E-state index contributed by atoms with van der Waals surface area (Å²) in [6.45, 7) is 0. The SMILES string of the molecule is [2H]c1c([2H])c([2H])c(-c2ccc([Si](c3ccccc3)(c3ccccc3)c3c([2H])c([2H])c(-n4c5c([2H])c([2H])c([2H])c([2H])c5c5c([2H])c(-n6c7c([2H])c([2H])c([2H])c([2H])c7c7c([2H])c([2H])c([2H])c([2H])c76)c6oc7c([2H])c([2H])c([2H])c([2H])c7c6c54)c([2H])c3[2H])cc2)c([2H])c1[2H]. The molecular formula is C60H40N2OSi. The molecule has 0 radical (unpaired) electrons. The van der Waals surface area contributed by atoms with Crippen molar-refractivity contribution >= 4 is 94.4 Å². The second kappa shape index (κ2) is 14.5. The smallest absolute Gasteiger partial charge is 0.179 e. The van der Waals surface area contributed by atoms with E-state index in [1.807, 2.05) is 0 Å². The molecule has 13 aromatic rings. The molecule has 0 spiro atoms. The van der Waals surface area contributed by atoms with Gasteiger partial charge >= 0.3 is 0 Å². The van der Waals surface area contributed by atoms with Gasteiger partial charge in [0.2, 0.25) is 0 Å². The summed E-state index contributed by atoms with van der Waals surface area (Å²) < 4.78 is 249. The molecule has 0 fully saturated rings. The van der Waals surface area contributed by atoms with Crippen LogP contribution < -0.4 is 20.7 Å². The minimum Gasteiger partial charge on any atom is -0.454 e. The number of nitrogens with zero attached hydrogens (tertiary/aromatic N) is 2. The molecule has 13 rings (SSSR count). The second-order valence-electron chi connectivity index (χ2n) is 14.8. The van der Waals surface area contributed by atoms with Gasteiger partial charge in [-0.1, -0.05) is 200 Å². The summed E-state index contributed by atoms with van der Waals surface area (Å²) >= 11 is 0. The monoisotopic (exact) mass is 858 g/mol. The van der Waals surface area contributed by atoms with E-state index in [0.717, 1.165) is 9.13 Å². The van der Waals surface area contributed by atoms with E-state index in [9.17, 15) is 15.1 Å². The Hall–Kier alpha value is -8.18. The number of para-hydroxylation sites is 4. The highest BCUT2D eigenvalue weighted by Crippen LogP contribution is 2.45. The van der Waals surface area contributed by atoms with Gasteiger partial charge < -0.3 is 13.6 Å². The van der Waals surface area contributed by atoms with Crippen molar-refractivity contribution in [2.45, 2.75) is 0 Å². The quantitative estimate of drug-likeness (QED) is 0.116. The molecule has 3 aromatic heterocycles. The normalized spacial score (nSPS) is 17.8. The highest BCUT2D eigenvalue weighted by atomic mass is 28.3. The van der Waals surface area contributed by atoms with Crippen molar-refractivity contribution in [3.63, 3.8) is 0 Å². The maximum atomic E-state index is 10.5. The molecule has 0 unspecified atom stereocenters. The summed E-state index contributed by atoms with van der Waals surface area (Å²) in [6.07, 6.45) is 0. The molecule has 4 heteroatoms. The van der Waals surface area contributed by atoms with Crippen LogP contribution in [-0.2, 0) is 0 Å². The minimum atomic E-state index is -4.29. The van der Waals surface area contributed by atoms with Crippen molar-refractivity contribution in [2.24, 2.45) is 0 Å². The number of furan rings is 1. The zero-order valence-electron chi connectivity index (χ0n) is 58.9. The molecular weight excluding hydrogens is 793 g/mol. The maximum Gasteiger partial charge on any atom is 0.179 e. The van der Waals surface area contributed by atoms with Crippen LogP contribution >= 0.6 is 0 Å². The molecule has 3 nitrogen and oxygen atoms in total. The average molecular weight is 859 g/mol. The van der Waals surface area contributed by atoms with E-state index in [1.165, 1.54) is 0 Å². The third-order valence-corrected chi connectivity index (χ3v) is 16.2. The molecule has 10 aromatic carbocycles. The third kappa shape index (κ3) is 5.33. The summed E-state index contributed by atoms with van der Waals surface area (Å²) in [6, 6.07) is 4.02. The van der Waals surface area contributed by atoms with E-state index < -0.39 is 242 Å². The lowest BCUT2D eigenvalue weighted by Crippen LogP contribution is -2.74. The predicted molar refractivity (Wildman–Crippen MR) is 271 cm³/mol. The van der Waals surface area contributed by atoms with Crippen LogP contribution in [-0.4, -0.2) is 17.2 Å². The fraction of sp³-hybridized carbons (Fsp3) is 0. The first-order valence-corrected chi connectivity index (χ1v) is 21.9. The van der Waals surface area contributed by atoms with E-state index in [4.69, 9.17) is 25.0 Å². The van der Waals surface area contributed by atoms with Crippen LogP contribution in [0.1, 0.15) is 35.6 Å². The lowest BCUT2D eigenvalue weighted by Gasteiger charge is -2.34. The fourth-order valence-electron chi connectivity index (χ4n) is 8.96. The maximum absolute atomic E-state index is 10.5. The van der Waals surface area contributed by atoms with Crippen LogP contribution in [0.25, 0.3) is 88.1 Å². The Bertz CT molecular complexity index is 5260. The van der Waals surface area contributed by atoms with E-state index >= 15 is 0 Å². The van der Waals surface area contributed by atoms with Crippen LogP contribution in [0, 0.1) is 0 Å². The largest absolute Gasteiger partial charge is 0.454 e. The van der Waals surface area contributed by atoms with Crippen molar-refractivity contribution in [1.29, 1.82) is 0 Å². The molecule has 0 atom stereocenters. The van der Waals surface area contributed by atoms with E-state index in [2.05, 4.69) is 0 Å². The van der Waals surface area contributed by atoms with Crippen molar-refractivity contribution in [3.05, 3.63) is 242 Å². The van der Waals surface area contributed by atoms with Gasteiger partial charge in [-0.2, -0.15) is 0 Å². The first-order chi connectivity index (χ1) is 42.6. The Morgan fingerprint density at radius 1 is 0.391 bits per heavy atom. The van der Waals surface area contributed by atoms with Gasteiger partial charge in [-0.3, -0.25) is 0 Å². The zero-order chi connectivity index (χ0) is 64.8. The molecule has 0 N–H and O–H groups in total. The molecule has 0 saturated carbocycles. The Kier molecular flexibility index (Phi) is 4.30. The van der Waals surface area contributed by atoms with Crippen LogP contribution in [0.15, 0.2) is 246 Å². The highest BCUT2D eigenvalue weighted by Gasteiger charge is 2.41. The third-order valence-electron chi connectivity index (χ3n) is 11.6. The van der Waals surface area contributed by atoms with E-state index in [1.54, 1.807) is 84.9 Å². The molecule has 0 aliphatic heterocycles. The van der Waals surface area contributed by atoms with Crippen LogP contribution in [0.5, 0.6) is 0 Å². The number of rotatable bonds is 7.